The van der Waals surface area contributed by atoms with Gasteiger partial charge in [-0.2, -0.15) is 5.10 Å². The zero-order valence-electron chi connectivity index (χ0n) is 11.5. The van der Waals surface area contributed by atoms with Gasteiger partial charge in [0, 0.05) is 16.4 Å². The fourth-order valence-electron chi connectivity index (χ4n) is 1.85. The van der Waals surface area contributed by atoms with Gasteiger partial charge in [-0.15, -0.1) is 0 Å². The van der Waals surface area contributed by atoms with E-state index in [1.807, 2.05) is 12.1 Å². The first-order valence-electron chi connectivity index (χ1n) is 6.32. The van der Waals surface area contributed by atoms with Crippen molar-refractivity contribution in [3.63, 3.8) is 0 Å². The van der Waals surface area contributed by atoms with Gasteiger partial charge in [0.05, 0.1) is 0 Å². The highest BCUT2D eigenvalue weighted by atomic mass is 79.9. The molecule has 0 radical (unpaired) electrons. The number of aromatic nitrogens is 3. The lowest BCUT2D eigenvalue weighted by molar-refractivity contribution is -0.122. The summed E-state index contributed by atoms with van der Waals surface area (Å²) in [5.74, 6) is -0.0708. The van der Waals surface area contributed by atoms with Crippen LogP contribution in [-0.4, -0.2) is 27.2 Å². The number of carbonyl (C=O) groups is 1. The second-order valence-electron chi connectivity index (χ2n) is 5.26. The molecule has 1 amide bonds. The van der Waals surface area contributed by atoms with Crippen molar-refractivity contribution in [3.05, 3.63) is 47.0 Å². The number of carbonyl (C=O) groups excluding carboxylic acids is 1. The predicted molar refractivity (Wildman–Crippen MR) is 80.2 cm³/mol. The number of nitrogens with one attached hydrogen (secondary N) is 1. The van der Waals surface area contributed by atoms with Crippen LogP contribution in [0.3, 0.4) is 0 Å². The Morgan fingerprint density at radius 2 is 2.25 bits per heavy atom. The summed E-state index contributed by atoms with van der Waals surface area (Å²) in [5, 5.41) is 6.85. The predicted octanol–water partition coefficient (Wildman–Crippen LogP) is 2.13. The Balaban J connectivity index is 1.93. The number of halogens is 1. The van der Waals surface area contributed by atoms with Gasteiger partial charge in [0.25, 0.3) is 0 Å². The molecule has 2 aromatic rings. The molecule has 106 valence electrons. The largest absolute Gasteiger partial charge is 0.354 e. The lowest BCUT2D eigenvalue weighted by atomic mass is 9.84. The average molecular weight is 337 g/mol. The van der Waals surface area contributed by atoms with Crippen LogP contribution in [0.4, 0.5) is 0 Å². The Labute approximate surface area is 126 Å². The Hall–Kier alpha value is -1.69. The second-order valence-corrected chi connectivity index (χ2v) is 6.18. The lowest BCUT2D eigenvalue weighted by Gasteiger charge is -2.26. The van der Waals surface area contributed by atoms with Crippen LogP contribution in [0.25, 0.3) is 0 Å². The third-order valence-electron chi connectivity index (χ3n) is 3.11. The van der Waals surface area contributed by atoms with Gasteiger partial charge in [0.15, 0.2) is 0 Å². The molecule has 0 bridgehead atoms. The molecule has 1 aromatic heterocycles. The smallest absolute Gasteiger partial charge is 0.241 e. The van der Waals surface area contributed by atoms with Gasteiger partial charge in [-0.1, -0.05) is 41.9 Å². The third-order valence-corrected chi connectivity index (χ3v) is 3.60. The fourth-order valence-corrected chi connectivity index (χ4v) is 2.25. The lowest BCUT2D eigenvalue weighted by Crippen LogP contribution is -2.38. The van der Waals surface area contributed by atoms with E-state index in [2.05, 4.69) is 57.3 Å². The number of amides is 1. The summed E-state index contributed by atoms with van der Waals surface area (Å²) in [6.45, 7) is 4.96. The van der Waals surface area contributed by atoms with Crippen LogP contribution in [0.5, 0.6) is 0 Å². The molecule has 2 rings (SSSR count). The van der Waals surface area contributed by atoms with E-state index in [1.54, 1.807) is 0 Å². The standard InChI is InChI=1S/C14H17BrN4O/c1-14(2,11-4-3-5-12(15)6-11)8-17-13(20)7-19-10-16-9-18-19/h3-6,9-10H,7-8H2,1-2H3,(H,17,20). The molecular formula is C14H17BrN4O. The normalized spacial score (nSPS) is 11.3. The summed E-state index contributed by atoms with van der Waals surface area (Å²) in [6.07, 6.45) is 2.94. The van der Waals surface area contributed by atoms with Crippen molar-refractivity contribution < 1.29 is 4.79 Å². The molecule has 0 atom stereocenters. The molecule has 1 heterocycles. The van der Waals surface area contributed by atoms with Crippen LogP contribution in [0.15, 0.2) is 41.4 Å². The van der Waals surface area contributed by atoms with E-state index in [0.717, 1.165) is 4.47 Å². The SMILES string of the molecule is CC(C)(CNC(=O)Cn1cncn1)c1cccc(Br)c1. The Morgan fingerprint density at radius 3 is 2.90 bits per heavy atom. The number of nitrogens with zero attached hydrogens (tertiary/aromatic N) is 3. The van der Waals surface area contributed by atoms with Gasteiger partial charge in [-0.05, 0) is 17.7 Å². The van der Waals surface area contributed by atoms with Crippen molar-refractivity contribution in [1.82, 2.24) is 20.1 Å². The van der Waals surface area contributed by atoms with E-state index in [-0.39, 0.29) is 17.9 Å². The zero-order valence-corrected chi connectivity index (χ0v) is 13.1. The van der Waals surface area contributed by atoms with Crippen LogP contribution in [0, 0.1) is 0 Å². The molecule has 6 heteroatoms. The monoisotopic (exact) mass is 336 g/mol. The van der Waals surface area contributed by atoms with Crippen LogP contribution >= 0.6 is 15.9 Å². The number of benzene rings is 1. The second kappa shape index (κ2) is 6.17. The van der Waals surface area contributed by atoms with E-state index in [9.17, 15) is 4.79 Å². The minimum Gasteiger partial charge on any atom is -0.354 e. The highest BCUT2D eigenvalue weighted by Gasteiger charge is 2.21. The van der Waals surface area contributed by atoms with Crippen LogP contribution in [0.2, 0.25) is 0 Å². The van der Waals surface area contributed by atoms with Crippen molar-refractivity contribution >= 4 is 21.8 Å². The molecule has 0 aliphatic heterocycles. The maximum atomic E-state index is 11.8. The first kappa shape index (κ1) is 14.7. The average Bonchev–Trinajstić information content (AvgIpc) is 2.89. The van der Waals surface area contributed by atoms with Crippen molar-refractivity contribution in [2.24, 2.45) is 0 Å². The Morgan fingerprint density at radius 1 is 1.45 bits per heavy atom. The van der Waals surface area contributed by atoms with Crippen molar-refractivity contribution in [1.29, 1.82) is 0 Å². The number of hydrogen-bond acceptors (Lipinski definition) is 3. The van der Waals surface area contributed by atoms with E-state index in [0.29, 0.717) is 6.54 Å². The third kappa shape index (κ3) is 3.90. The number of rotatable bonds is 5. The minimum absolute atomic E-state index is 0.0708. The summed E-state index contributed by atoms with van der Waals surface area (Å²) in [4.78, 5) is 15.7. The first-order chi connectivity index (χ1) is 9.47. The van der Waals surface area contributed by atoms with Gasteiger partial charge in [0.2, 0.25) is 5.91 Å². The van der Waals surface area contributed by atoms with Crippen molar-refractivity contribution in [3.8, 4) is 0 Å². The minimum atomic E-state index is -0.137. The van der Waals surface area contributed by atoms with Gasteiger partial charge < -0.3 is 5.32 Å². The molecular weight excluding hydrogens is 320 g/mol. The van der Waals surface area contributed by atoms with Crippen LogP contribution < -0.4 is 5.32 Å². The quantitative estimate of drug-likeness (QED) is 0.909. The maximum Gasteiger partial charge on any atom is 0.241 e. The molecule has 0 aliphatic carbocycles. The molecule has 0 fully saturated rings. The molecule has 1 N–H and O–H groups in total. The molecule has 1 aromatic carbocycles. The maximum absolute atomic E-state index is 11.8. The summed E-state index contributed by atoms with van der Waals surface area (Å²) < 4.78 is 2.54. The highest BCUT2D eigenvalue weighted by Crippen LogP contribution is 2.24. The molecule has 0 saturated heterocycles. The molecule has 0 unspecified atom stereocenters. The van der Waals surface area contributed by atoms with Crippen molar-refractivity contribution in [2.45, 2.75) is 25.8 Å². The molecule has 0 aliphatic rings. The van der Waals surface area contributed by atoms with E-state index < -0.39 is 0 Å². The molecule has 0 spiro atoms. The molecule has 0 saturated carbocycles. The highest BCUT2D eigenvalue weighted by molar-refractivity contribution is 9.10. The summed E-state index contributed by atoms with van der Waals surface area (Å²) in [7, 11) is 0. The van der Waals surface area contributed by atoms with E-state index in [1.165, 1.54) is 22.9 Å². The number of hydrogen-bond donors (Lipinski definition) is 1. The molecule has 20 heavy (non-hydrogen) atoms. The summed E-state index contributed by atoms with van der Waals surface area (Å²) >= 11 is 3.47. The van der Waals surface area contributed by atoms with E-state index in [4.69, 9.17) is 0 Å². The summed E-state index contributed by atoms with van der Waals surface area (Å²) in [5.41, 5.74) is 1.04. The van der Waals surface area contributed by atoms with Gasteiger partial charge >= 0.3 is 0 Å². The summed E-state index contributed by atoms with van der Waals surface area (Å²) in [6, 6.07) is 8.12. The van der Waals surface area contributed by atoms with Gasteiger partial charge in [0.1, 0.15) is 19.2 Å². The Bertz CT molecular complexity index is 581. The fraction of sp³-hybridized carbons (Fsp3) is 0.357. The Kier molecular flexibility index (Phi) is 4.54. The van der Waals surface area contributed by atoms with E-state index >= 15 is 0 Å². The van der Waals surface area contributed by atoms with Gasteiger partial charge in [-0.3, -0.25) is 4.79 Å². The van der Waals surface area contributed by atoms with Gasteiger partial charge in [-0.25, -0.2) is 9.67 Å². The van der Waals surface area contributed by atoms with Crippen molar-refractivity contribution in [2.75, 3.05) is 6.54 Å². The zero-order chi connectivity index (χ0) is 14.6. The molecule has 5 nitrogen and oxygen atoms in total. The topological polar surface area (TPSA) is 59.8 Å². The van der Waals surface area contributed by atoms with Crippen LogP contribution in [-0.2, 0) is 16.8 Å². The van der Waals surface area contributed by atoms with Crippen LogP contribution in [0.1, 0.15) is 19.4 Å². The first-order valence-corrected chi connectivity index (χ1v) is 7.12.